The highest BCUT2D eigenvalue weighted by Gasteiger charge is 2.31. The summed E-state index contributed by atoms with van der Waals surface area (Å²) in [4.78, 5) is 2.74. The fourth-order valence-electron chi connectivity index (χ4n) is 3.03. The van der Waals surface area contributed by atoms with Crippen LogP contribution in [0.1, 0.15) is 66.7 Å². The predicted octanol–water partition coefficient (Wildman–Crippen LogP) is 3.67. The standard InChI is InChI=1S/C16H34N2/c1-6-11-17-14(3)16(4,5)13-18-12-9-8-10-15(18)7-2/h14-15,17H,6-13H2,1-5H3. The topological polar surface area (TPSA) is 15.3 Å². The molecule has 2 atom stereocenters. The molecule has 2 nitrogen and oxygen atoms in total. The van der Waals surface area contributed by atoms with E-state index in [1.165, 1.54) is 45.2 Å². The molecule has 0 bridgehead atoms. The van der Waals surface area contributed by atoms with E-state index in [1.54, 1.807) is 0 Å². The fourth-order valence-corrected chi connectivity index (χ4v) is 3.03. The van der Waals surface area contributed by atoms with Crippen LogP contribution in [-0.2, 0) is 0 Å². The van der Waals surface area contributed by atoms with Crippen LogP contribution in [-0.4, -0.2) is 36.6 Å². The van der Waals surface area contributed by atoms with Gasteiger partial charge in [0.1, 0.15) is 0 Å². The number of likely N-dealkylation sites (tertiary alicyclic amines) is 1. The van der Waals surface area contributed by atoms with E-state index in [4.69, 9.17) is 0 Å². The third-order valence-corrected chi connectivity index (χ3v) is 4.70. The van der Waals surface area contributed by atoms with E-state index >= 15 is 0 Å². The lowest BCUT2D eigenvalue weighted by molar-refractivity contribution is 0.0768. The maximum absolute atomic E-state index is 3.67. The Hall–Kier alpha value is -0.0800. The van der Waals surface area contributed by atoms with Crippen molar-refractivity contribution in [3.63, 3.8) is 0 Å². The molecule has 0 aromatic heterocycles. The van der Waals surface area contributed by atoms with E-state index in [0.717, 1.165) is 12.6 Å². The Morgan fingerprint density at radius 1 is 1.28 bits per heavy atom. The molecule has 0 saturated carbocycles. The zero-order valence-corrected chi connectivity index (χ0v) is 13.3. The van der Waals surface area contributed by atoms with Crippen LogP contribution in [0, 0.1) is 5.41 Å². The van der Waals surface area contributed by atoms with Gasteiger partial charge in [0.05, 0.1) is 0 Å². The minimum Gasteiger partial charge on any atom is -0.314 e. The first-order chi connectivity index (χ1) is 8.51. The predicted molar refractivity (Wildman–Crippen MR) is 81.0 cm³/mol. The van der Waals surface area contributed by atoms with Gasteiger partial charge in [0.2, 0.25) is 0 Å². The van der Waals surface area contributed by atoms with Gasteiger partial charge in [0.25, 0.3) is 0 Å². The first kappa shape index (κ1) is 16.0. The Bertz CT molecular complexity index is 225. The van der Waals surface area contributed by atoms with Crippen LogP contribution in [0.4, 0.5) is 0 Å². The number of nitrogens with one attached hydrogen (secondary N) is 1. The highest BCUT2D eigenvalue weighted by atomic mass is 15.2. The molecule has 0 aliphatic carbocycles. The van der Waals surface area contributed by atoms with Gasteiger partial charge in [-0.25, -0.2) is 0 Å². The van der Waals surface area contributed by atoms with Crippen molar-refractivity contribution in [2.24, 2.45) is 5.41 Å². The van der Waals surface area contributed by atoms with Crippen LogP contribution in [0.5, 0.6) is 0 Å². The second-order valence-corrected chi connectivity index (χ2v) is 6.69. The van der Waals surface area contributed by atoms with E-state index in [9.17, 15) is 0 Å². The molecule has 1 N–H and O–H groups in total. The normalized spacial score (nSPS) is 24.2. The Labute approximate surface area is 115 Å². The summed E-state index contributed by atoms with van der Waals surface area (Å²) < 4.78 is 0. The van der Waals surface area contributed by atoms with Gasteiger partial charge in [-0.05, 0) is 51.1 Å². The summed E-state index contributed by atoms with van der Waals surface area (Å²) in [7, 11) is 0. The van der Waals surface area contributed by atoms with E-state index < -0.39 is 0 Å². The lowest BCUT2D eigenvalue weighted by Crippen LogP contribution is -2.50. The summed E-state index contributed by atoms with van der Waals surface area (Å²) in [5, 5.41) is 3.67. The van der Waals surface area contributed by atoms with Crippen molar-refractivity contribution in [1.29, 1.82) is 0 Å². The Morgan fingerprint density at radius 2 is 2.00 bits per heavy atom. The zero-order chi connectivity index (χ0) is 13.6. The smallest absolute Gasteiger partial charge is 0.0102 e. The van der Waals surface area contributed by atoms with Gasteiger partial charge >= 0.3 is 0 Å². The van der Waals surface area contributed by atoms with Crippen molar-refractivity contribution < 1.29 is 0 Å². The van der Waals surface area contributed by atoms with Crippen LogP contribution in [0.15, 0.2) is 0 Å². The third kappa shape index (κ3) is 4.55. The maximum Gasteiger partial charge on any atom is 0.0102 e. The molecule has 2 unspecified atom stereocenters. The maximum atomic E-state index is 3.67. The Morgan fingerprint density at radius 3 is 2.61 bits per heavy atom. The average molecular weight is 254 g/mol. The second-order valence-electron chi connectivity index (χ2n) is 6.69. The summed E-state index contributed by atoms with van der Waals surface area (Å²) in [6, 6.07) is 1.42. The molecule has 1 fully saturated rings. The quantitative estimate of drug-likeness (QED) is 0.746. The minimum absolute atomic E-state index is 0.361. The van der Waals surface area contributed by atoms with Crippen LogP contribution in [0.25, 0.3) is 0 Å². The first-order valence-corrected chi connectivity index (χ1v) is 7.98. The molecule has 108 valence electrons. The highest BCUT2D eigenvalue weighted by Crippen LogP contribution is 2.27. The number of hydrogen-bond donors (Lipinski definition) is 1. The van der Waals surface area contributed by atoms with E-state index in [0.29, 0.717) is 11.5 Å². The largest absolute Gasteiger partial charge is 0.314 e. The molecule has 0 radical (unpaired) electrons. The van der Waals surface area contributed by atoms with Crippen LogP contribution < -0.4 is 5.32 Å². The van der Waals surface area contributed by atoms with Crippen molar-refractivity contribution in [3.05, 3.63) is 0 Å². The van der Waals surface area contributed by atoms with Gasteiger partial charge in [0.15, 0.2) is 0 Å². The molecular formula is C16H34N2. The molecular weight excluding hydrogens is 220 g/mol. The molecule has 2 heteroatoms. The minimum atomic E-state index is 0.361. The highest BCUT2D eigenvalue weighted by molar-refractivity contribution is 4.87. The monoisotopic (exact) mass is 254 g/mol. The summed E-state index contributed by atoms with van der Waals surface area (Å²) in [6.45, 7) is 15.5. The molecule has 1 aliphatic rings. The molecule has 1 rings (SSSR count). The number of nitrogens with zero attached hydrogens (tertiary/aromatic N) is 1. The molecule has 1 heterocycles. The molecule has 1 saturated heterocycles. The molecule has 0 amide bonds. The Balaban J connectivity index is 2.51. The summed E-state index contributed by atoms with van der Waals surface area (Å²) in [6.07, 6.45) is 6.76. The molecule has 0 aromatic carbocycles. The van der Waals surface area contributed by atoms with E-state index in [1.807, 2.05) is 0 Å². The lowest BCUT2D eigenvalue weighted by Gasteiger charge is -2.43. The van der Waals surface area contributed by atoms with Gasteiger partial charge < -0.3 is 5.32 Å². The van der Waals surface area contributed by atoms with E-state index in [-0.39, 0.29) is 0 Å². The molecule has 0 aromatic rings. The SMILES string of the molecule is CCCNC(C)C(C)(C)CN1CCCCC1CC. The third-order valence-electron chi connectivity index (χ3n) is 4.70. The van der Waals surface area contributed by atoms with Crippen molar-refractivity contribution in [2.75, 3.05) is 19.6 Å². The lowest BCUT2D eigenvalue weighted by atomic mass is 9.83. The number of piperidine rings is 1. The fraction of sp³-hybridized carbons (Fsp3) is 1.00. The zero-order valence-electron chi connectivity index (χ0n) is 13.3. The summed E-state index contributed by atoms with van der Waals surface area (Å²) in [5.41, 5.74) is 0.361. The van der Waals surface area contributed by atoms with Crippen molar-refractivity contribution in [2.45, 2.75) is 78.8 Å². The van der Waals surface area contributed by atoms with Gasteiger partial charge in [0, 0.05) is 18.6 Å². The van der Waals surface area contributed by atoms with Crippen LogP contribution in [0.2, 0.25) is 0 Å². The number of hydrogen-bond acceptors (Lipinski definition) is 2. The van der Waals surface area contributed by atoms with Crippen LogP contribution in [0.3, 0.4) is 0 Å². The summed E-state index contributed by atoms with van der Waals surface area (Å²) >= 11 is 0. The van der Waals surface area contributed by atoms with E-state index in [2.05, 4.69) is 44.8 Å². The van der Waals surface area contributed by atoms with Crippen molar-refractivity contribution in [1.82, 2.24) is 10.2 Å². The summed E-state index contributed by atoms with van der Waals surface area (Å²) in [5.74, 6) is 0. The first-order valence-electron chi connectivity index (χ1n) is 7.98. The van der Waals surface area contributed by atoms with Crippen LogP contribution >= 0.6 is 0 Å². The van der Waals surface area contributed by atoms with Crippen molar-refractivity contribution in [3.8, 4) is 0 Å². The average Bonchev–Trinajstić information content (AvgIpc) is 2.36. The van der Waals surface area contributed by atoms with Gasteiger partial charge in [-0.3, -0.25) is 4.90 Å². The van der Waals surface area contributed by atoms with Crippen molar-refractivity contribution >= 4 is 0 Å². The second kappa shape index (κ2) is 7.49. The number of rotatable bonds is 7. The Kier molecular flexibility index (Phi) is 6.65. The van der Waals surface area contributed by atoms with Gasteiger partial charge in [-0.2, -0.15) is 0 Å². The molecule has 0 spiro atoms. The molecule has 18 heavy (non-hydrogen) atoms. The van der Waals surface area contributed by atoms with Gasteiger partial charge in [-0.15, -0.1) is 0 Å². The van der Waals surface area contributed by atoms with Gasteiger partial charge in [-0.1, -0.05) is 34.1 Å². The molecule has 1 aliphatic heterocycles.